The van der Waals surface area contributed by atoms with Gasteiger partial charge in [-0.25, -0.2) is 4.79 Å². The molecule has 41 heavy (non-hydrogen) atoms. The second-order valence-electron chi connectivity index (χ2n) is 11.3. The van der Waals surface area contributed by atoms with Crippen molar-refractivity contribution in [2.24, 2.45) is 17.8 Å². The Balaban J connectivity index is 1.26. The Morgan fingerprint density at radius 1 is 0.829 bits per heavy atom. The zero-order valence-electron chi connectivity index (χ0n) is 23.2. The van der Waals surface area contributed by atoms with Gasteiger partial charge in [0.2, 0.25) is 11.8 Å². The first-order chi connectivity index (χ1) is 19.8. The molecular weight excluding hydrogens is 520 g/mol. The van der Waals surface area contributed by atoms with Crippen LogP contribution in [0, 0.1) is 17.8 Å². The molecule has 2 bridgehead atoms. The maximum Gasteiger partial charge on any atom is 0.329 e. The number of ether oxygens (including phenoxy) is 2. The number of amides is 3. The molecule has 0 aromatic heterocycles. The van der Waals surface area contributed by atoms with Gasteiger partial charge >= 0.3 is 5.97 Å². The summed E-state index contributed by atoms with van der Waals surface area (Å²) in [6, 6.07) is 21.7. The van der Waals surface area contributed by atoms with Gasteiger partial charge in [-0.1, -0.05) is 68.4 Å². The van der Waals surface area contributed by atoms with Crippen LogP contribution >= 0.6 is 0 Å². The molecule has 0 radical (unpaired) electrons. The maximum atomic E-state index is 14.1. The predicted octanol–water partition coefficient (Wildman–Crippen LogP) is 4.48. The normalized spacial score (nSPS) is 22.6. The van der Waals surface area contributed by atoms with Crippen LogP contribution < -0.4 is 10.1 Å². The minimum Gasteiger partial charge on any atom is -0.497 e. The summed E-state index contributed by atoms with van der Waals surface area (Å²) in [7, 11) is 1.53. The second kappa shape index (κ2) is 10.5. The Morgan fingerprint density at radius 2 is 1.37 bits per heavy atom. The number of methoxy groups -OCH3 is 1. The van der Waals surface area contributed by atoms with Gasteiger partial charge < -0.3 is 14.8 Å². The highest BCUT2D eigenvalue weighted by Gasteiger charge is 2.63. The van der Waals surface area contributed by atoms with Gasteiger partial charge in [-0.3, -0.25) is 19.3 Å². The highest BCUT2D eigenvalue weighted by atomic mass is 16.5. The van der Waals surface area contributed by atoms with E-state index in [1.807, 2.05) is 62.4 Å². The fourth-order valence-corrected chi connectivity index (χ4v) is 6.89. The smallest absolute Gasteiger partial charge is 0.329 e. The van der Waals surface area contributed by atoms with Crippen LogP contribution in [0.5, 0.6) is 5.75 Å². The molecule has 0 unspecified atom stereocenters. The monoisotopic (exact) mass is 552 g/mol. The zero-order chi connectivity index (χ0) is 28.8. The summed E-state index contributed by atoms with van der Waals surface area (Å²) in [5, 5.41) is 2.68. The summed E-state index contributed by atoms with van der Waals surface area (Å²) < 4.78 is 10.6. The van der Waals surface area contributed by atoms with E-state index >= 15 is 0 Å². The molecular formula is C33H32N2O6. The Labute approximate surface area is 238 Å². The van der Waals surface area contributed by atoms with Crippen LogP contribution in [0.25, 0.3) is 0 Å². The molecule has 1 N–H and O–H groups in total. The van der Waals surface area contributed by atoms with Crippen molar-refractivity contribution in [3.63, 3.8) is 0 Å². The van der Waals surface area contributed by atoms with Crippen molar-refractivity contribution in [3.8, 4) is 5.75 Å². The number of likely N-dealkylation sites (tertiary alicyclic amines) is 1. The van der Waals surface area contributed by atoms with Gasteiger partial charge in [0.1, 0.15) is 11.8 Å². The number of esters is 1. The first kappa shape index (κ1) is 26.7. The lowest BCUT2D eigenvalue weighted by atomic mass is 9.55. The third-order valence-electron chi connectivity index (χ3n) is 8.46. The molecule has 8 heteroatoms. The molecule has 3 aromatic carbocycles. The molecule has 8 nitrogen and oxygen atoms in total. The van der Waals surface area contributed by atoms with Gasteiger partial charge in [-0.15, -0.1) is 0 Å². The topological polar surface area (TPSA) is 102 Å². The molecule has 7 rings (SSSR count). The minimum absolute atomic E-state index is 0.00694. The number of anilines is 1. The van der Waals surface area contributed by atoms with E-state index in [4.69, 9.17) is 9.47 Å². The van der Waals surface area contributed by atoms with E-state index in [2.05, 4.69) is 5.32 Å². The van der Waals surface area contributed by atoms with E-state index in [1.54, 1.807) is 24.3 Å². The van der Waals surface area contributed by atoms with Gasteiger partial charge in [0.15, 0.2) is 6.61 Å². The van der Waals surface area contributed by atoms with Crippen LogP contribution in [0.4, 0.5) is 5.69 Å². The molecule has 1 heterocycles. The number of carbonyl (C=O) groups is 4. The van der Waals surface area contributed by atoms with Crippen LogP contribution in [-0.2, 0) is 23.9 Å². The molecule has 4 aliphatic rings. The van der Waals surface area contributed by atoms with Crippen LogP contribution in [0.2, 0.25) is 0 Å². The lowest BCUT2D eigenvalue weighted by Gasteiger charge is -2.45. The summed E-state index contributed by atoms with van der Waals surface area (Å²) in [5.74, 6) is -3.12. The molecule has 1 aliphatic heterocycles. The third kappa shape index (κ3) is 4.47. The summed E-state index contributed by atoms with van der Waals surface area (Å²) in [5.41, 5.74) is 4.76. The second-order valence-corrected chi connectivity index (χ2v) is 11.3. The van der Waals surface area contributed by atoms with Crippen molar-refractivity contribution in [2.45, 2.75) is 38.1 Å². The molecule has 1 fully saturated rings. The van der Waals surface area contributed by atoms with E-state index in [0.717, 1.165) is 27.2 Å². The molecule has 0 spiro atoms. The van der Waals surface area contributed by atoms with E-state index < -0.39 is 36.4 Å². The van der Waals surface area contributed by atoms with Gasteiger partial charge in [-0.05, 0) is 46.7 Å². The fraction of sp³-hybridized carbons (Fsp3) is 0.333. The predicted molar refractivity (Wildman–Crippen MR) is 151 cm³/mol. The van der Waals surface area contributed by atoms with E-state index in [-0.39, 0.29) is 36.0 Å². The first-order valence-corrected chi connectivity index (χ1v) is 13.9. The average molecular weight is 553 g/mol. The Bertz CT molecular complexity index is 1430. The van der Waals surface area contributed by atoms with Crippen molar-refractivity contribution >= 4 is 29.4 Å². The number of hydrogen-bond acceptors (Lipinski definition) is 6. The standard InChI is InChI=1S/C33H32N2O6/c1-18(2)15-25(33(39)41-17-26(36)34-19-9-8-10-20(16-19)40-3)35-31(37)29-27-21-11-4-5-12-22(21)28(30(29)32(35)38)24-14-7-6-13-23(24)27/h4-14,16,18,25,27-30H,15,17H2,1-3H3,(H,34,36)/t25-,27?,28?,29-,30-/m0/s1. The Hall–Kier alpha value is -4.46. The van der Waals surface area contributed by atoms with Gasteiger partial charge in [-0.2, -0.15) is 0 Å². The molecule has 210 valence electrons. The maximum absolute atomic E-state index is 14.1. The van der Waals surface area contributed by atoms with Crippen LogP contribution in [-0.4, -0.2) is 48.3 Å². The van der Waals surface area contributed by atoms with Crippen molar-refractivity contribution < 1.29 is 28.7 Å². The Morgan fingerprint density at radius 3 is 1.85 bits per heavy atom. The molecule has 3 atom stereocenters. The van der Waals surface area contributed by atoms with Crippen LogP contribution in [0.1, 0.15) is 54.4 Å². The van der Waals surface area contributed by atoms with Crippen molar-refractivity contribution in [2.75, 3.05) is 19.0 Å². The quantitative estimate of drug-likeness (QED) is 0.327. The van der Waals surface area contributed by atoms with Gasteiger partial charge in [0.05, 0.1) is 18.9 Å². The summed E-state index contributed by atoms with van der Waals surface area (Å²) in [6.07, 6.45) is 0.239. The largest absolute Gasteiger partial charge is 0.497 e. The van der Waals surface area contributed by atoms with Crippen LogP contribution in [0.3, 0.4) is 0 Å². The van der Waals surface area contributed by atoms with Gasteiger partial charge in [0, 0.05) is 23.6 Å². The van der Waals surface area contributed by atoms with Crippen LogP contribution in [0.15, 0.2) is 72.8 Å². The first-order valence-electron chi connectivity index (χ1n) is 13.9. The number of carbonyl (C=O) groups excluding carboxylic acids is 4. The molecule has 0 saturated carbocycles. The van der Waals surface area contributed by atoms with Crippen molar-refractivity contribution in [1.29, 1.82) is 0 Å². The van der Waals surface area contributed by atoms with E-state index in [9.17, 15) is 19.2 Å². The van der Waals surface area contributed by atoms with E-state index in [0.29, 0.717) is 11.4 Å². The molecule has 3 amide bonds. The number of nitrogens with zero attached hydrogens (tertiary/aromatic N) is 1. The fourth-order valence-electron chi connectivity index (χ4n) is 6.89. The molecule has 3 aromatic rings. The number of benzene rings is 3. The minimum atomic E-state index is -1.11. The average Bonchev–Trinajstić information content (AvgIpc) is 3.24. The zero-order valence-corrected chi connectivity index (χ0v) is 23.2. The van der Waals surface area contributed by atoms with E-state index in [1.165, 1.54) is 7.11 Å². The lowest BCUT2D eigenvalue weighted by Crippen LogP contribution is -2.47. The summed E-state index contributed by atoms with van der Waals surface area (Å²) >= 11 is 0. The summed E-state index contributed by atoms with van der Waals surface area (Å²) in [4.78, 5) is 55.5. The number of hydrogen-bond donors (Lipinski definition) is 1. The Kier molecular flexibility index (Phi) is 6.85. The molecule has 1 saturated heterocycles. The van der Waals surface area contributed by atoms with Crippen molar-refractivity contribution in [3.05, 3.63) is 95.1 Å². The highest BCUT2D eigenvalue weighted by Crippen LogP contribution is 2.61. The van der Waals surface area contributed by atoms with Gasteiger partial charge in [0.25, 0.3) is 5.91 Å². The third-order valence-corrected chi connectivity index (χ3v) is 8.46. The lowest BCUT2D eigenvalue weighted by molar-refractivity contribution is -0.160. The number of imide groups is 1. The number of nitrogens with one attached hydrogen (secondary N) is 1. The summed E-state index contributed by atoms with van der Waals surface area (Å²) in [6.45, 7) is 3.29. The highest BCUT2D eigenvalue weighted by molar-refractivity contribution is 6.10. The number of rotatable bonds is 8. The SMILES string of the molecule is COc1cccc(NC(=O)COC(=O)[C@H](CC(C)C)N2C(=O)[C@H]3C4c5ccccc5C(c5ccccc54)[C@@H]3C2=O)c1. The molecule has 3 aliphatic carbocycles. The van der Waals surface area contributed by atoms with Crippen molar-refractivity contribution in [1.82, 2.24) is 4.90 Å².